The number of carbonyl (C=O) groups is 1. The maximum Gasteiger partial charge on any atom is 0.260 e. The summed E-state index contributed by atoms with van der Waals surface area (Å²) in [5.74, 6) is 0.875. The normalized spacial score (nSPS) is 14.6. The van der Waals surface area contributed by atoms with Crippen LogP contribution >= 0.6 is 0 Å². The second-order valence-corrected chi connectivity index (χ2v) is 9.25. The van der Waals surface area contributed by atoms with Crippen LogP contribution in [0, 0.1) is 5.82 Å². The van der Waals surface area contributed by atoms with Gasteiger partial charge >= 0.3 is 0 Å². The van der Waals surface area contributed by atoms with Crippen molar-refractivity contribution in [2.24, 2.45) is 0 Å². The van der Waals surface area contributed by atoms with Gasteiger partial charge in [-0.3, -0.25) is 9.48 Å². The minimum absolute atomic E-state index is 0.102. The van der Waals surface area contributed by atoms with E-state index in [1.165, 1.54) is 17.2 Å². The van der Waals surface area contributed by atoms with Gasteiger partial charge < -0.3 is 20.5 Å². The number of nitrogen functional groups attached to an aromatic ring is 1. The van der Waals surface area contributed by atoms with E-state index in [1.807, 2.05) is 35.2 Å². The minimum atomic E-state index is -0.756. The zero-order valence-corrected chi connectivity index (χ0v) is 20.3. The van der Waals surface area contributed by atoms with Crippen LogP contribution in [0.3, 0.4) is 0 Å². The Morgan fingerprint density at radius 1 is 1.24 bits per heavy atom. The number of hydrogen-bond donors (Lipinski definition) is 2. The zero-order valence-electron chi connectivity index (χ0n) is 20.3. The highest BCUT2D eigenvalue weighted by molar-refractivity contribution is 6.04. The number of carbonyl (C=O) groups excluding carboxylic acids is 1. The van der Waals surface area contributed by atoms with Crippen molar-refractivity contribution in [1.82, 2.24) is 29.2 Å². The molecule has 1 amide bonds. The van der Waals surface area contributed by atoms with Gasteiger partial charge in [-0.1, -0.05) is 18.7 Å². The molecule has 0 saturated carbocycles. The molecule has 0 bridgehead atoms. The van der Waals surface area contributed by atoms with Gasteiger partial charge in [-0.25, -0.2) is 14.4 Å². The summed E-state index contributed by atoms with van der Waals surface area (Å²) < 4.78 is 19.3. The Morgan fingerprint density at radius 2 is 2.11 bits per heavy atom. The molecule has 4 heterocycles. The third-order valence-electron chi connectivity index (χ3n) is 6.81. The van der Waals surface area contributed by atoms with E-state index < -0.39 is 11.7 Å². The molecule has 6 rings (SSSR count). The van der Waals surface area contributed by atoms with E-state index in [2.05, 4.69) is 31.5 Å². The molecule has 9 nitrogen and oxygen atoms in total. The van der Waals surface area contributed by atoms with Crippen LogP contribution in [0.1, 0.15) is 28.3 Å². The second kappa shape index (κ2) is 8.74. The quantitative estimate of drug-likeness (QED) is 0.411. The predicted octanol–water partition coefficient (Wildman–Crippen LogP) is 4.17. The molecule has 1 aliphatic carbocycles. The molecule has 1 aromatic carbocycles. The number of nitrogens with one attached hydrogen (secondary N) is 1. The molecule has 1 aliphatic heterocycles. The number of aryl methyl sites for hydroxylation is 2. The summed E-state index contributed by atoms with van der Waals surface area (Å²) in [6.07, 6.45) is 12.1. The lowest BCUT2D eigenvalue weighted by atomic mass is 10.0. The van der Waals surface area contributed by atoms with Crippen molar-refractivity contribution >= 4 is 34.0 Å². The van der Waals surface area contributed by atoms with Crippen LogP contribution in [0.25, 0.3) is 10.8 Å². The van der Waals surface area contributed by atoms with Crippen molar-refractivity contribution in [3.63, 3.8) is 0 Å². The second-order valence-electron chi connectivity index (χ2n) is 9.25. The van der Waals surface area contributed by atoms with E-state index in [4.69, 9.17) is 5.73 Å². The van der Waals surface area contributed by atoms with Crippen LogP contribution < -0.4 is 11.1 Å². The van der Waals surface area contributed by atoms with Gasteiger partial charge in [0.2, 0.25) is 0 Å². The predicted molar refractivity (Wildman–Crippen MR) is 140 cm³/mol. The molecule has 0 saturated heterocycles. The molecule has 10 heteroatoms. The van der Waals surface area contributed by atoms with Crippen LogP contribution in [0.4, 0.5) is 21.7 Å². The van der Waals surface area contributed by atoms with Crippen molar-refractivity contribution in [2.75, 3.05) is 18.1 Å². The lowest BCUT2D eigenvalue weighted by Crippen LogP contribution is -2.28. The largest absolute Gasteiger partial charge is 0.396 e. The lowest BCUT2D eigenvalue weighted by molar-refractivity contribution is 0.0829. The van der Waals surface area contributed by atoms with Gasteiger partial charge in [-0.05, 0) is 29.2 Å². The van der Waals surface area contributed by atoms with Gasteiger partial charge in [-0.15, -0.1) is 0 Å². The maximum absolute atomic E-state index is 15.2. The Balaban J connectivity index is 1.29. The number of amides is 1. The van der Waals surface area contributed by atoms with E-state index in [9.17, 15) is 4.79 Å². The Labute approximate surface area is 212 Å². The number of imidazole rings is 1. The van der Waals surface area contributed by atoms with Gasteiger partial charge in [0, 0.05) is 67.9 Å². The van der Waals surface area contributed by atoms with Crippen molar-refractivity contribution in [1.29, 1.82) is 0 Å². The number of rotatable bonds is 4. The molecule has 3 aromatic heterocycles. The van der Waals surface area contributed by atoms with Gasteiger partial charge in [-0.2, -0.15) is 5.10 Å². The van der Waals surface area contributed by atoms with E-state index in [1.54, 1.807) is 19.3 Å². The number of hydrogen-bond acceptors (Lipinski definition) is 6. The van der Waals surface area contributed by atoms with Crippen LogP contribution in [0.5, 0.6) is 0 Å². The average Bonchev–Trinajstić information content (AvgIpc) is 3.46. The SMILES string of the molecule is C=C1C=CC=C(N(C)C(=O)c2cc3cc(Nc4cc5n(n4)Cc4nccn4CC5)ncc3c(N)c2F)C1. The molecule has 2 aliphatic rings. The Hall–Kier alpha value is -4.73. The average molecular weight is 497 g/mol. The highest BCUT2D eigenvalue weighted by Crippen LogP contribution is 2.31. The van der Waals surface area contributed by atoms with E-state index in [0.29, 0.717) is 35.4 Å². The summed E-state index contributed by atoms with van der Waals surface area (Å²) in [6, 6.07) is 5.24. The number of aromatic nitrogens is 5. The molecule has 0 fully saturated rings. The van der Waals surface area contributed by atoms with Gasteiger partial charge in [0.1, 0.15) is 11.6 Å². The fourth-order valence-electron chi connectivity index (χ4n) is 4.76. The number of pyridine rings is 1. The molecule has 186 valence electrons. The minimum Gasteiger partial charge on any atom is -0.396 e. The molecule has 37 heavy (non-hydrogen) atoms. The zero-order chi connectivity index (χ0) is 25.7. The van der Waals surface area contributed by atoms with Crippen LogP contribution in [-0.2, 0) is 19.5 Å². The molecule has 0 spiro atoms. The summed E-state index contributed by atoms with van der Waals surface area (Å²) in [5, 5.41) is 8.93. The number of nitrogens with zero attached hydrogens (tertiary/aromatic N) is 6. The molecule has 0 unspecified atom stereocenters. The summed E-state index contributed by atoms with van der Waals surface area (Å²) in [4.78, 5) is 23.5. The Bertz CT molecular complexity index is 1640. The van der Waals surface area contributed by atoms with Gasteiger partial charge in [0.05, 0.1) is 17.8 Å². The highest BCUT2D eigenvalue weighted by Gasteiger charge is 2.23. The Kier molecular flexibility index (Phi) is 5.36. The topological polar surface area (TPSA) is 107 Å². The lowest BCUT2D eigenvalue weighted by Gasteiger charge is -2.23. The molecule has 0 atom stereocenters. The summed E-state index contributed by atoms with van der Waals surface area (Å²) in [6.45, 7) is 5.37. The van der Waals surface area contributed by atoms with E-state index in [0.717, 1.165) is 35.8 Å². The fraction of sp³-hybridized carbons (Fsp3) is 0.185. The fourth-order valence-corrected chi connectivity index (χ4v) is 4.76. The first-order valence-corrected chi connectivity index (χ1v) is 11.9. The van der Waals surface area contributed by atoms with Crippen molar-refractivity contribution < 1.29 is 9.18 Å². The molecule has 3 N–H and O–H groups in total. The van der Waals surface area contributed by atoms with Gasteiger partial charge in [0.25, 0.3) is 5.91 Å². The van der Waals surface area contributed by atoms with Crippen molar-refractivity contribution in [2.45, 2.75) is 25.9 Å². The molecular weight excluding hydrogens is 471 g/mol. The van der Waals surface area contributed by atoms with E-state index in [-0.39, 0.29) is 11.3 Å². The number of nitrogens with two attached hydrogens (primary N) is 1. The number of fused-ring (bicyclic) bond motifs is 3. The van der Waals surface area contributed by atoms with Crippen molar-refractivity contribution in [3.05, 3.63) is 95.8 Å². The first-order valence-electron chi connectivity index (χ1n) is 11.9. The number of anilines is 3. The van der Waals surface area contributed by atoms with Gasteiger partial charge in [0.15, 0.2) is 11.6 Å². The van der Waals surface area contributed by atoms with Crippen LogP contribution in [-0.4, -0.2) is 42.2 Å². The van der Waals surface area contributed by atoms with E-state index >= 15 is 4.39 Å². The number of halogens is 1. The first kappa shape index (κ1) is 22.7. The summed E-state index contributed by atoms with van der Waals surface area (Å²) in [7, 11) is 1.62. The summed E-state index contributed by atoms with van der Waals surface area (Å²) >= 11 is 0. The standard InChI is InChI=1S/C27H25FN8O/c1-16-4-3-5-18(10-16)34(2)27(37)20-11-17-12-22(31-14-21(17)26(29)25(20)28)32-23-13-19-6-8-35-9-7-30-24(35)15-36(19)33-23/h3-5,7,9,11-14H,1,6,8,10,15,29H2,2H3,(H,31,32,33). The third-order valence-corrected chi connectivity index (χ3v) is 6.81. The van der Waals surface area contributed by atoms with Crippen LogP contribution in [0.15, 0.2) is 72.9 Å². The number of allylic oxidation sites excluding steroid dienone is 4. The monoisotopic (exact) mass is 496 g/mol. The maximum atomic E-state index is 15.2. The van der Waals surface area contributed by atoms with Crippen molar-refractivity contribution in [3.8, 4) is 0 Å². The highest BCUT2D eigenvalue weighted by atomic mass is 19.1. The third kappa shape index (κ3) is 4.06. The molecule has 4 aromatic rings. The smallest absolute Gasteiger partial charge is 0.260 e. The molecule has 0 radical (unpaired) electrons. The Morgan fingerprint density at radius 3 is 2.95 bits per heavy atom. The summed E-state index contributed by atoms with van der Waals surface area (Å²) in [5.41, 5.74) is 8.58. The van der Waals surface area contributed by atoms with Crippen LogP contribution in [0.2, 0.25) is 0 Å². The number of benzene rings is 1. The molecular formula is C27H25FN8O. The first-order chi connectivity index (χ1) is 17.9.